The molecule has 0 heterocycles. The first kappa shape index (κ1) is 16.0. The lowest BCUT2D eigenvalue weighted by atomic mass is 10.0. The monoisotopic (exact) mass is 305 g/mol. The van der Waals surface area contributed by atoms with Crippen LogP contribution in [-0.4, -0.2) is 12.3 Å². The first-order valence-electron chi connectivity index (χ1n) is 6.59. The lowest BCUT2D eigenvalue weighted by molar-refractivity contribution is -0.137. The van der Waals surface area contributed by atoms with Crippen molar-refractivity contribution in [3.63, 3.8) is 0 Å². The van der Waals surface area contributed by atoms with Crippen LogP contribution in [0.25, 0.3) is 6.08 Å². The van der Waals surface area contributed by atoms with Crippen LogP contribution in [0.4, 0.5) is 13.2 Å². The fraction of sp³-hybridized carbons (Fsp3) is 0.118. The molecule has 0 atom stereocenters. The molecule has 5 heteroatoms. The number of hydrogen-bond acceptors (Lipinski definition) is 2. The molecule has 2 aromatic rings. The summed E-state index contributed by atoms with van der Waals surface area (Å²) in [4.78, 5) is 12.3. The van der Waals surface area contributed by atoms with Crippen LogP contribution >= 0.6 is 0 Å². The average Bonchev–Trinajstić information content (AvgIpc) is 2.52. The zero-order chi connectivity index (χ0) is 16.2. The second-order valence-corrected chi connectivity index (χ2v) is 4.69. The number of carbonyl (C=O) groups excluding carboxylic acids is 1. The van der Waals surface area contributed by atoms with Crippen LogP contribution in [0.2, 0.25) is 0 Å². The Morgan fingerprint density at radius 2 is 1.59 bits per heavy atom. The Morgan fingerprint density at radius 1 is 1.00 bits per heavy atom. The van der Waals surface area contributed by atoms with Crippen LogP contribution < -0.4 is 5.73 Å². The Morgan fingerprint density at radius 3 is 2.09 bits per heavy atom. The van der Waals surface area contributed by atoms with Gasteiger partial charge in [-0.15, -0.1) is 0 Å². The standard InChI is InChI=1S/C17H14F3NO/c18-17(19,20)15-8-6-12(7-9-15)10-14(11-21)16(22)13-4-2-1-3-5-13/h1-10H,11,21H2/b14-10+. The average molecular weight is 305 g/mol. The molecule has 2 N–H and O–H groups in total. The molecule has 0 saturated carbocycles. The third kappa shape index (κ3) is 3.83. The zero-order valence-corrected chi connectivity index (χ0v) is 11.6. The van der Waals surface area contributed by atoms with E-state index in [1.807, 2.05) is 0 Å². The molecule has 0 bridgehead atoms. The number of ketones is 1. The first-order valence-corrected chi connectivity index (χ1v) is 6.59. The van der Waals surface area contributed by atoms with E-state index in [0.29, 0.717) is 16.7 Å². The van der Waals surface area contributed by atoms with E-state index in [1.54, 1.807) is 30.3 Å². The van der Waals surface area contributed by atoms with Gasteiger partial charge in [0.15, 0.2) is 5.78 Å². The zero-order valence-electron chi connectivity index (χ0n) is 11.6. The third-order valence-corrected chi connectivity index (χ3v) is 3.13. The van der Waals surface area contributed by atoms with Gasteiger partial charge in [-0.3, -0.25) is 4.79 Å². The van der Waals surface area contributed by atoms with E-state index in [-0.39, 0.29) is 12.3 Å². The molecule has 2 aromatic carbocycles. The summed E-state index contributed by atoms with van der Waals surface area (Å²) in [5, 5.41) is 0. The number of Topliss-reactive ketones (excluding diaryl/α,β-unsaturated/α-hetero) is 1. The normalized spacial score (nSPS) is 12.3. The highest BCUT2D eigenvalue weighted by molar-refractivity contribution is 6.11. The van der Waals surface area contributed by atoms with Crippen molar-refractivity contribution in [3.05, 3.63) is 76.9 Å². The Hall–Kier alpha value is -2.40. The topological polar surface area (TPSA) is 43.1 Å². The summed E-state index contributed by atoms with van der Waals surface area (Å²) in [6.45, 7) is 0.00868. The molecule has 114 valence electrons. The van der Waals surface area contributed by atoms with Crippen LogP contribution in [0, 0.1) is 0 Å². The lowest BCUT2D eigenvalue weighted by Gasteiger charge is -2.07. The highest BCUT2D eigenvalue weighted by Gasteiger charge is 2.29. The predicted molar refractivity (Wildman–Crippen MR) is 79.2 cm³/mol. The van der Waals surface area contributed by atoms with Gasteiger partial charge in [0.2, 0.25) is 0 Å². The molecule has 2 nitrogen and oxygen atoms in total. The van der Waals surface area contributed by atoms with Crippen LogP contribution in [0.5, 0.6) is 0 Å². The van der Waals surface area contributed by atoms with E-state index in [9.17, 15) is 18.0 Å². The molecule has 0 spiro atoms. The van der Waals surface area contributed by atoms with E-state index in [2.05, 4.69) is 0 Å². The van der Waals surface area contributed by atoms with Gasteiger partial charge in [0, 0.05) is 17.7 Å². The van der Waals surface area contributed by atoms with Gasteiger partial charge in [0.05, 0.1) is 5.56 Å². The summed E-state index contributed by atoms with van der Waals surface area (Å²) in [5.41, 5.74) is 6.19. The van der Waals surface area contributed by atoms with Crippen molar-refractivity contribution in [2.75, 3.05) is 6.54 Å². The maximum atomic E-state index is 12.5. The van der Waals surface area contributed by atoms with Crippen molar-refractivity contribution in [1.82, 2.24) is 0 Å². The number of halogens is 3. The van der Waals surface area contributed by atoms with Gasteiger partial charge in [-0.1, -0.05) is 42.5 Å². The SMILES string of the molecule is NC/C(=C\c1ccc(C(F)(F)F)cc1)C(=O)c1ccccc1. The van der Waals surface area contributed by atoms with Gasteiger partial charge in [0.1, 0.15) is 0 Å². The summed E-state index contributed by atoms with van der Waals surface area (Å²) in [6.07, 6.45) is -2.87. The van der Waals surface area contributed by atoms with E-state index in [4.69, 9.17) is 5.73 Å². The van der Waals surface area contributed by atoms with E-state index in [1.165, 1.54) is 18.2 Å². The Labute approximate surface area is 126 Å². The van der Waals surface area contributed by atoms with E-state index < -0.39 is 11.7 Å². The Balaban J connectivity index is 2.27. The van der Waals surface area contributed by atoms with E-state index >= 15 is 0 Å². The van der Waals surface area contributed by atoms with Gasteiger partial charge in [0.25, 0.3) is 0 Å². The van der Waals surface area contributed by atoms with Crippen LogP contribution in [0.3, 0.4) is 0 Å². The second kappa shape index (κ2) is 6.58. The number of rotatable bonds is 4. The molecule has 0 fully saturated rings. The van der Waals surface area contributed by atoms with Crippen molar-refractivity contribution in [2.24, 2.45) is 5.73 Å². The highest BCUT2D eigenvalue weighted by Crippen LogP contribution is 2.29. The molecule has 0 radical (unpaired) electrons. The van der Waals surface area contributed by atoms with Crippen LogP contribution in [0.1, 0.15) is 21.5 Å². The summed E-state index contributed by atoms with van der Waals surface area (Å²) in [6, 6.07) is 13.2. The highest BCUT2D eigenvalue weighted by atomic mass is 19.4. The minimum Gasteiger partial charge on any atom is -0.326 e. The molecular weight excluding hydrogens is 291 g/mol. The van der Waals surface area contributed by atoms with Crippen molar-refractivity contribution in [1.29, 1.82) is 0 Å². The van der Waals surface area contributed by atoms with Gasteiger partial charge >= 0.3 is 6.18 Å². The number of nitrogens with two attached hydrogens (primary N) is 1. The maximum Gasteiger partial charge on any atom is 0.416 e. The largest absolute Gasteiger partial charge is 0.416 e. The molecule has 0 saturated heterocycles. The molecule has 0 unspecified atom stereocenters. The van der Waals surface area contributed by atoms with Gasteiger partial charge in [-0.05, 0) is 23.8 Å². The van der Waals surface area contributed by atoms with Crippen molar-refractivity contribution < 1.29 is 18.0 Å². The predicted octanol–water partition coefficient (Wildman–Crippen LogP) is 3.93. The minimum atomic E-state index is -4.38. The second-order valence-electron chi connectivity index (χ2n) is 4.69. The molecule has 0 aliphatic heterocycles. The fourth-order valence-corrected chi connectivity index (χ4v) is 1.96. The van der Waals surface area contributed by atoms with Gasteiger partial charge in [-0.25, -0.2) is 0 Å². The fourth-order valence-electron chi connectivity index (χ4n) is 1.96. The molecule has 2 rings (SSSR count). The quantitative estimate of drug-likeness (QED) is 0.687. The molecule has 0 aliphatic rings. The first-order chi connectivity index (χ1) is 10.4. The summed E-state index contributed by atoms with van der Waals surface area (Å²) in [5.74, 6) is -0.233. The molecule has 0 aromatic heterocycles. The minimum absolute atomic E-state index is 0.00868. The number of hydrogen-bond donors (Lipinski definition) is 1. The number of benzene rings is 2. The van der Waals surface area contributed by atoms with Crippen LogP contribution in [-0.2, 0) is 6.18 Å². The van der Waals surface area contributed by atoms with Gasteiger partial charge < -0.3 is 5.73 Å². The Bertz CT molecular complexity index is 673. The van der Waals surface area contributed by atoms with Crippen LogP contribution in [0.15, 0.2) is 60.2 Å². The van der Waals surface area contributed by atoms with Crippen molar-refractivity contribution in [3.8, 4) is 0 Å². The van der Waals surface area contributed by atoms with Crippen molar-refractivity contribution >= 4 is 11.9 Å². The third-order valence-electron chi connectivity index (χ3n) is 3.13. The molecular formula is C17H14F3NO. The maximum absolute atomic E-state index is 12.5. The van der Waals surface area contributed by atoms with E-state index in [0.717, 1.165) is 12.1 Å². The molecule has 0 amide bonds. The molecule has 0 aliphatic carbocycles. The number of carbonyl (C=O) groups is 1. The lowest BCUT2D eigenvalue weighted by Crippen LogP contribution is -2.13. The number of alkyl halides is 3. The summed E-state index contributed by atoms with van der Waals surface area (Å²) < 4.78 is 37.5. The van der Waals surface area contributed by atoms with Crippen molar-refractivity contribution in [2.45, 2.75) is 6.18 Å². The summed E-state index contributed by atoms with van der Waals surface area (Å²) >= 11 is 0. The Kier molecular flexibility index (Phi) is 4.78. The summed E-state index contributed by atoms with van der Waals surface area (Å²) in [7, 11) is 0. The molecule has 22 heavy (non-hydrogen) atoms. The smallest absolute Gasteiger partial charge is 0.326 e. The van der Waals surface area contributed by atoms with Gasteiger partial charge in [-0.2, -0.15) is 13.2 Å².